The predicted octanol–water partition coefficient (Wildman–Crippen LogP) is 3.85. The first kappa shape index (κ1) is 12.4. The average Bonchev–Trinajstić information content (AvgIpc) is 2.48. The van der Waals surface area contributed by atoms with E-state index in [1.165, 1.54) is 0 Å². The van der Waals surface area contributed by atoms with Crippen molar-refractivity contribution in [2.45, 2.75) is 6.92 Å². The smallest absolute Gasteiger partial charge is 0.153 e. The number of fused-ring (bicyclic) bond motifs is 1. The second kappa shape index (κ2) is 5.57. The largest absolute Gasteiger partial charge is 0.455 e. The molecule has 0 atom stereocenters. The molecule has 0 unspecified atom stereocenters. The SMILES string of the molecule is CCNc1cc(Oc2cccc3cccnc23)ccn1. The lowest BCUT2D eigenvalue weighted by atomic mass is 10.2. The third-order valence-corrected chi connectivity index (χ3v) is 2.91. The molecule has 0 bridgehead atoms. The number of rotatable bonds is 4. The molecule has 1 N–H and O–H groups in total. The van der Waals surface area contributed by atoms with E-state index in [1.54, 1.807) is 12.4 Å². The van der Waals surface area contributed by atoms with Crippen LogP contribution >= 0.6 is 0 Å². The van der Waals surface area contributed by atoms with E-state index >= 15 is 0 Å². The van der Waals surface area contributed by atoms with E-state index in [0.29, 0.717) is 0 Å². The lowest BCUT2D eigenvalue weighted by Gasteiger charge is -2.09. The van der Waals surface area contributed by atoms with Crippen molar-refractivity contribution >= 4 is 16.7 Å². The van der Waals surface area contributed by atoms with E-state index in [1.807, 2.05) is 49.4 Å². The summed E-state index contributed by atoms with van der Waals surface area (Å²) in [6, 6.07) is 13.6. The molecule has 3 rings (SSSR count). The summed E-state index contributed by atoms with van der Waals surface area (Å²) in [5.41, 5.74) is 0.858. The Morgan fingerprint density at radius 2 is 1.95 bits per heavy atom. The van der Waals surface area contributed by atoms with Gasteiger partial charge in [0.05, 0.1) is 0 Å². The number of para-hydroxylation sites is 1. The second-order valence-electron chi connectivity index (χ2n) is 4.34. The number of hydrogen-bond acceptors (Lipinski definition) is 4. The molecule has 0 saturated carbocycles. The molecule has 1 aromatic carbocycles. The molecule has 0 aliphatic carbocycles. The number of ether oxygens (including phenoxy) is 1. The molecule has 0 spiro atoms. The van der Waals surface area contributed by atoms with E-state index in [-0.39, 0.29) is 0 Å². The zero-order chi connectivity index (χ0) is 13.8. The van der Waals surface area contributed by atoms with Crippen molar-refractivity contribution in [2.75, 3.05) is 11.9 Å². The first-order valence-electron chi connectivity index (χ1n) is 6.58. The van der Waals surface area contributed by atoms with Gasteiger partial charge in [0, 0.05) is 30.4 Å². The number of nitrogens with zero attached hydrogens (tertiary/aromatic N) is 2. The van der Waals surface area contributed by atoms with Crippen LogP contribution in [0.3, 0.4) is 0 Å². The number of anilines is 1. The Labute approximate surface area is 117 Å². The minimum atomic E-state index is 0.745. The Morgan fingerprint density at radius 3 is 2.85 bits per heavy atom. The molecule has 0 fully saturated rings. The molecule has 3 aromatic rings. The Hall–Kier alpha value is -2.62. The lowest BCUT2D eigenvalue weighted by molar-refractivity contribution is 0.486. The number of nitrogens with one attached hydrogen (secondary N) is 1. The van der Waals surface area contributed by atoms with Gasteiger partial charge in [-0.2, -0.15) is 0 Å². The normalized spacial score (nSPS) is 10.4. The molecule has 0 aliphatic heterocycles. The van der Waals surface area contributed by atoms with Gasteiger partial charge in [0.25, 0.3) is 0 Å². The molecule has 100 valence electrons. The third kappa shape index (κ3) is 2.54. The average molecular weight is 265 g/mol. The number of aromatic nitrogens is 2. The fraction of sp³-hybridized carbons (Fsp3) is 0.125. The van der Waals surface area contributed by atoms with Gasteiger partial charge in [-0.25, -0.2) is 4.98 Å². The van der Waals surface area contributed by atoms with E-state index in [9.17, 15) is 0 Å². The summed E-state index contributed by atoms with van der Waals surface area (Å²) >= 11 is 0. The zero-order valence-electron chi connectivity index (χ0n) is 11.2. The quantitative estimate of drug-likeness (QED) is 0.778. The van der Waals surface area contributed by atoms with Crippen molar-refractivity contribution < 1.29 is 4.74 Å². The summed E-state index contributed by atoms with van der Waals surface area (Å²) in [6.07, 6.45) is 3.50. The molecule has 0 amide bonds. The van der Waals surface area contributed by atoms with Gasteiger partial charge in [0.15, 0.2) is 5.75 Å². The Bertz CT molecular complexity index is 722. The van der Waals surface area contributed by atoms with Gasteiger partial charge in [-0.1, -0.05) is 18.2 Å². The topological polar surface area (TPSA) is 47.0 Å². The van der Waals surface area contributed by atoms with Crippen LogP contribution in [0.2, 0.25) is 0 Å². The van der Waals surface area contributed by atoms with Crippen molar-refractivity contribution in [3.05, 3.63) is 54.9 Å². The Kier molecular flexibility index (Phi) is 3.46. The van der Waals surface area contributed by atoms with Crippen LogP contribution in [0.4, 0.5) is 5.82 Å². The van der Waals surface area contributed by atoms with E-state index in [0.717, 1.165) is 34.8 Å². The van der Waals surface area contributed by atoms with Crippen LogP contribution in [-0.2, 0) is 0 Å². The lowest BCUT2D eigenvalue weighted by Crippen LogP contribution is -1.98. The van der Waals surface area contributed by atoms with E-state index < -0.39 is 0 Å². The Balaban J connectivity index is 1.95. The molecule has 4 heteroatoms. The molecule has 0 aliphatic rings. The van der Waals surface area contributed by atoms with E-state index in [2.05, 4.69) is 15.3 Å². The van der Waals surface area contributed by atoms with Crippen molar-refractivity contribution in [1.82, 2.24) is 9.97 Å². The summed E-state index contributed by atoms with van der Waals surface area (Å²) in [6.45, 7) is 2.86. The molecular formula is C16H15N3O. The predicted molar refractivity (Wildman–Crippen MR) is 80.2 cm³/mol. The highest BCUT2D eigenvalue weighted by atomic mass is 16.5. The minimum Gasteiger partial charge on any atom is -0.455 e. The van der Waals surface area contributed by atoms with Crippen LogP contribution in [0.1, 0.15) is 6.92 Å². The van der Waals surface area contributed by atoms with E-state index in [4.69, 9.17) is 4.74 Å². The maximum absolute atomic E-state index is 5.94. The molecule has 0 radical (unpaired) electrons. The summed E-state index contributed by atoms with van der Waals surface area (Å²) in [4.78, 5) is 8.61. The fourth-order valence-electron chi connectivity index (χ4n) is 2.04. The van der Waals surface area contributed by atoms with Crippen LogP contribution in [-0.4, -0.2) is 16.5 Å². The standard InChI is InChI=1S/C16H15N3O/c1-2-17-15-11-13(8-10-18-15)20-14-7-3-5-12-6-4-9-19-16(12)14/h3-11H,2H2,1H3,(H,17,18). The van der Waals surface area contributed by atoms with Gasteiger partial charge in [-0.15, -0.1) is 0 Å². The summed E-state index contributed by atoms with van der Waals surface area (Å²) < 4.78 is 5.94. The number of benzene rings is 1. The molecule has 2 aromatic heterocycles. The monoisotopic (exact) mass is 265 g/mol. The van der Waals surface area contributed by atoms with Crippen LogP contribution in [0, 0.1) is 0 Å². The number of pyridine rings is 2. The fourth-order valence-corrected chi connectivity index (χ4v) is 2.04. The maximum Gasteiger partial charge on any atom is 0.153 e. The second-order valence-corrected chi connectivity index (χ2v) is 4.34. The van der Waals surface area contributed by atoms with Crippen molar-refractivity contribution in [2.24, 2.45) is 0 Å². The summed E-state index contributed by atoms with van der Waals surface area (Å²) in [5.74, 6) is 2.30. The van der Waals surface area contributed by atoms with Gasteiger partial charge in [-0.3, -0.25) is 4.98 Å². The highest BCUT2D eigenvalue weighted by molar-refractivity contribution is 5.84. The molecule has 2 heterocycles. The van der Waals surface area contributed by atoms with Crippen molar-refractivity contribution in [3.63, 3.8) is 0 Å². The van der Waals surface area contributed by atoms with Gasteiger partial charge in [0.2, 0.25) is 0 Å². The molecule has 4 nitrogen and oxygen atoms in total. The summed E-state index contributed by atoms with van der Waals surface area (Å²) in [7, 11) is 0. The highest BCUT2D eigenvalue weighted by Crippen LogP contribution is 2.28. The Morgan fingerprint density at radius 1 is 1.05 bits per heavy atom. The maximum atomic E-state index is 5.94. The minimum absolute atomic E-state index is 0.745. The first-order chi connectivity index (χ1) is 9.86. The third-order valence-electron chi connectivity index (χ3n) is 2.91. The molecule has 20 heavy (non-hydrogen) atoms. The molecular weight excluding hydrogens is 250 g/mol. The van der Waals surface area contributed by atoms with Crippen molar-refractivity contribution in [1.29, 1.82) is 0 Å². The number of hydrogen-bond donors (Lipinski definition) is 1. The molecule has 0 saturated heterocycles. The van der Waals surface area contributed by atoms with Gasteiger partial charge in [0.1, 0.15) is 17.1 Å². The highest BCUT2D eigenvalue weighted by Gasteiger charge is 2.05. The van der Waals surface area contributed by atoms with Crippen LogP contribution < -0.4 is 10.1 Å². The van der Waals surface area contributed by atoms with Gasteiger partial charge in [-0.05, 0) is 25.1 Å². The van der Waals surface area contributed by atoms with Crippen LogP contribution in [0.5, 0.6) is 11.5 Å². The van der Waals surface area contributed by atoms with Gasteiger partial charge >= 0.3 is 0 Å². The van der Waals surface area contributed by atoms with Gasteiger partial charge < -0.3 is 10.1 Å². The van der Waals surface area contributed by atoms with Crippen LogP contribution in [0.25, 0.3) is 10.9 Å². The first-order valence-corrected chi connectivity index (χ1v) is 6.58. The summed E-state index contributed by atoms with van der Waals surface area (Å²) in [5, 5.41) is 4.23. The van der Waals surface area contributed by atoms with Crippen molar-refractivity contribution in [3.8, 4) is 11.5 Å². The van der Waals surface area contributed by atoms with Crippen LogP contribution in [0.15, 0.2) is 54.9 Å². The zero-order valence-corrected chi connectivity index (χ0v) is 11.2.